The van der Waals surface area contributed by atoms with Crippen molar-refractivity contribution in [2.45, 2.75) is 19.8 Å². The highest BCUT2D eigenvalue weighted by molar-refractivity contribution is 14.1. The molecule has 0 aliphatic heterocycles. The molecule has 0 amide bonds. The van der Waals surface area contributed by atoms with Crippen molar-refractivity contribution in [3.63, 3.8) is 0 Å². The number of hydrogen-bond donors (Lipinski definition) is 0. The van der Waals surface area contributed by atoms with Crippen LogP contribution in [0, 0.1) is 3.57 Å². The molecule has 2 aromatic rings. The Bertz CT molecular complexity index is 429. The Kier molecular flexibility index (Phi) is 2.60. The van der Waals surface area contributed by atoms with E-state index in [1.807, 2.05) is 11.3 Å². The molecule has 68 valence electrons. The van der Waals surface area contributed by atoms with E-state index in [9.17, 15) is 0 Å². The molecule has 0 N–H and O–H groups in total. The lowest BCUT2D eigenvalue weighted by Gasteiger charge is -2.04. The van der Waals surface area contributed by atoms with Crippen molar-refractivity contribution >= 4 is 44.0 Å². The maximum Gasteiger partial charge on any atom is 0.0356 e. The molecule has 0 saturated carbocycles. The molecule has 0 saturated heterocycles. The van der Waals surface area contributed by atoms with E-state index in [1.165, 1.54) is 19.2 Å². The smallest absolute Gasteiger partial charge is 0.0356 e. The number of fused-ring (bicyclic) bond motifs is 1. The average Bonchev–Trinajstić information content (AvgIpc) is 2.47. The number of halogens is 1. The van der Waals surface area contributed by atoms with Gasteiger partial charge in [0.25, 0.3) is 0 Å². The first-order valence-corrected chi connectivity index (χ1v) is 6.31. The second-order valence-electron chi connectivity index (χ2n) is 3.49. The molecule has 2 heteroatoms. The summed E-state index contributed by atoms with van der Waals surface area (Å²) in [6.45, 7) is 4.47. The van der Waals surface area contributed by atoms with Crippen LogP contribution in [0.2, 0.25) is 0 Å². The maximum atomic E-state index is 2.39. The lowest BCUT2D eigenvalue weighted by molar-refractivity contribution is 0.869. The van der Waals surface area contributed by atoms with E-state index in [2.05, 4.69) is 60.0 Å². The van der Waals surface area contributed by atoms with E-state index in [1.54, 1.807) is 0 Å². The average molecular weight is 302 g/mol. The van der Waals surface area contributed by atoms with E-state index < -0.39 is 0 Å². The molecular weight excluding hydrogens is 291 g/mol. The number of rotatable bonds is 1. The van der Waals surface area contributed by atoms with Crippen LogP contribution < -0.4 is 0 Å². The molecular formula is C11H11IS. The zero-order valence-corrected chi connectivity index (χ0v) is 10.6. The summed E-state index contributed by atoms with van der Waals surface area (Å²) < 4.78 is 2.78. The van der Waals surface area contributed by atoms with Crippen molar-refractivity contribution in [2.75, 3.05) is 0 Å². The summed E-state index contributed by atoms with van der Waals surface area (Å²) in [6, 6.07) is 6.79. The summed E-state index contributed by atoms with van der Waals surface area (Å²) in [4.78, 5) is 0. The summed E-state index contributed by atoms with van der Waals surface area (Å²) in [6.07, 6.45) is 0. The third kappa shape index (κ3) is 1.74. The summed E-state index contributed by atoms with van der Waals surface area (Å²) in [5, 5.41) is 3.62. The SMILES string of the molecule is CC(C)c1ccc2c(I)csc2c1. The minimum absolute atomic E-state index is 0.629. The standard InChI is InChI=1S/C11H11IS/c1-7(2)8-3-4-9-10(12)6-13-11(9)5-8/h3-7H,1-2H3. The van der Waals surface area contributed by atoms with Gasteiger partial charge in [-0.1, -0.05) is 26.0 Å². The van der Waals surface area contributed by atoms with E-state index in [0.717, 1.165) is 0 Å². The Labute approximate surface area is 96.1 Å². The van der Waals surface area contributed by atoms with Gasteiger partial charge >= 0.3 is 0 Å². The van der Waals surface area contributed by atoms with Crippen LogP contribution in [-0.2, 0) is 0 Å². The van der Waals surface area contributed by atoms with Crippen molar-refractivity contribution in [1.29, 1.82) is 0 Å². The summed E-state index contributed by atoms with van der Waals surface area (Å²) in [7, 11) is 0. The molecule has 0 fully saturated rings. The predicted octanol–water partition coefficient (Wildman–Crippen LogP) is 4.63. The van der Waals surface area contributed by atoms with Crippen LogP contribution >= 0.6 is 33.9 Å². The molecule has 1 aromatic heterocycles. The van der Waals surface area contributed by atoms with Gasteiger partial charge in [0.1, 0.15) is 0 Å². The summed E-state index contributed by atoms with van der Waals surface area (Å²) >= 11 is 4.23. The lowest BCUT2D eigenvalue weighted by Crippen LogP contribution is -1.84. The van der Waals surface area contributed by atoms with Gasteiger partial charge in [-0.15, -0.1) is 11.3 Å². The Morgan fingerprint density at radius 3 is 2.77 bits per heavy atom. The van der Waals surface area contributed by atoms with Gasteiger partial charge in [-0.3, -0.25) is 0 Å². The summed E-state index contributed by atoms with van der Waals surface area (Å²) in [5.41, 5.74) is 1.44. The highest BCUT2D eigenvalue weighted by Gasteiger charge is 2.04. The maximum absolute atomic E-state index is 2.39. The van der Waals surface area contributed by atoms with Gasteiger partial charge < -0.3 is 0 Å². The third-order valence-corrected chi connectivity index (χ3v) is 4.48. The van der Waals surface area contributed by atoms with E-state index >= 15 is 0 Å². The topological polar surface area (TPSA) is 0 Å². The van der Waals surface area contributed by atoms with Crippen LogP contribution in [0.5, 0.6) is 0 Å². The van der Waals surface area contributed by atoms with Crippen LogP contribution in [0.15, 0.2) is 23.6 Å². The Morgan fingerprint density at radius 1 is 1.31 bits per heavy atom. The quantitative estimate of drug-likeness (QED) is 0.674. The first-order chi connectivity index (χ1) is 6.18. The van der Waals surface area contributed by atoms with Crippen molar-refractivity contribution in [2.24, 2.45) is 0 Å². The number of hydrogen-bond acceptors (Lipinski definition) is 1. The molecule has 2 rings (SSSR count). The largest absolute Gasteiger partial charge is 0.143 e. The van der Waals surface area contributed by atoms with Crippen LogP contribution in [0.25, 0.3) is 10.1 Å². The van der Waals surface area contributed by atoms with Crippen LogP contribution in [-0.4, -0.2) is 0 Å². The highest BCUT2D eigenvalue weighted by Crippen LogP contribution is 2.29. The molecule has 1 aromatic carbocycles. The van der Waals surface area contributed by atoms with Crippen LogP contribution in [0.3, 0.4) is 0 Å². The number of benzene rings is 1. The minimum Gasteiger partial charge on any atom is -0.143 e. The molecule has 0 bridgehead atoms. The second-order valence-corrected chi connectivity index (χ2v) is 5.57. The zero-order valence-electron chi connectivity index (χ0n) is 7.67. The summed E-state index contributed by atoms with van der Waals surface area (Å²) in [5.74, 6) is 0.629. The minimum atomic E-state index is 0.629. The molecule has 0 unspecified atom stereocenters. The van der Waals surface area contributed by atoms with Crippen LogP contribution in [0.1, 0.15) is 25.3 Å². The van der Waals surface area contributed by atoms with E-state index in [0.29, 0.717) is 5.92 Å². The first-order valence-electron chi connectivity index (χ1n) is 4.35. The molecule has 13 heavy (non-hydrogen) atoms. The monoisotopic (exact) mass is 302 g/mol. The Hall–Kier alpha value is -0.0900. The van der Waals surface area contributed by atoms with Crippen molar-refractivity contribution in [3.05, 3.63) is 32.7 Å². The van der Waals surface area contributed by atoms with Gasteiger partial charge in [-0.25, -0.2) is 0 Å². The molecule has 0 aliphatic carbocycles. The first kappa shape index (κ1) is 9.46. The van der Waals surface area contributed by atoms with Crippen molar-refractivity contribution in [3.8, 4) is 0 Å². The van der Waals surface area contributed by atoms with Gasteiger partial charge in [0.05, 0.1) is 0 Å². The van der Waals surface area contributed by atoms with Crippen molar-refractivity contribution in [1.82, 2.24) is 0 Å². The molecule has 0 aliphatic rings. The van der Waals surface area contributed by atoms with Gasteiger partial charge in [0, 0.05) is 19.0 Å². The third-order valence-electron chi connectivity index (χ3n) is 2.22. The molecule has 0 nitrogen and oxygen atoms in total. The van der Waals surface area contributed by atoms with Crippen LogP contribution in [0.4, 0.5) is 0 Å². The molecule has 0 atom stereocenters. The van der Waals surface area contributed by atoms with E-state index in [4.69, 9.17) is 0 Å². The normalized spacial score (nSPS) is 11.4. The van der Waals surface area contributed by atoms with Gasteiger partial charge in [0.2, 0.25) is 0 Å². The van der Waals surface area contributed by atoms with Crippen molar-refractivity contribution < 1.29 is 0 Å². The molecule has 0 radical (unpaired) electrons. The second kappa shape index (κ2) is 3.58. The zero-order chi connectivity index (χ0) is 9.42. The Balaban J connectivity index is 2.63. The fourth-order valence-electron chi connectivity index (χ4n) is 1.37. The lowest BCUT2D eigenvalue weighted by atomic mass is 10.0. The Morgan fingerprint density at radius 2 is 2.08 bits per heavy atom. The number of thiophene rings is 1. The van der Waals surface area contributed by atoms with E-state index in [-0.39, 0.29) is 0 Å². The molecule has 0 spiro atoms. The molecule has 1 heterocycles. The predicted molar refractivity (Wildman–Crippen MR) is 68.6 cm³/mol. The van der Waals surface area contributed by atoms with Gasteiger partial charge in [0.15, 0.2) is 0 Å². The fourth-order valence-corrected chi connectivity index (χ4v) is 3.27. The van der Waals surface area contributed by atoms with Gasteiger partial charge in [-0.2, -0.15) is 0 Å². The highest BCUT2D eigenvalue weighted by atomic mass is 127. The fraction of sp³-hybridized carbons (Fsp3) is 0.273. The van der Waals surface area contributed by atoms with Gasteiger partial charge in [-0.05, 0) is 40.1 Å².